The molecule has 0 atom stereocenters. The van der Waals surface area contributed by atoms with Gasteiger partial charge in [0.1, 0.15) is 11.4 Å². The number of benzene rings is 1. The number of hydrogen-bond acceptors (Lipinski definition) is 4. The third-order valence-electron chi connectivity index (χ3n) is 5.48. The molecule has 0 radical (unpaired) electrons. The Balaban J connectivity index is 1.87. The van der Waals surface area contributed by atoms with E-state index in [-0.39, 0.29) is 11.7 Å². The lowest BCUT2D eigenvalue weighted by atomic mass is 10.0. The summed E-state index contributed by atoms with van der Waals surface area (Å²) in [4.78, 5) is 19.5. The number of carbonyl (C=O) groups is 1. The van der Waals surface area contributed by atoms with Crippen LogP contribution in [-0.2, 0) is 6.42 Å². The number of aromatic nitrogens is 3. The topological polar surface area (TPSA) is 62.5 Å². The molecule has 0 bridgehead atoms. The SMILES string of the molecule is CCN(CC)CCNC(=O)c1cnn2c(C)c(Cc3c(F)cccc3Cl)c(C)nc12. The monoisotopic (exact) mass is 431 g/mol. The van der Waals surface area contributed by atoms with Crippen LogP contribution in [0.2, 0.25) is 5.02 Å². The fraction of sp³-hybridized carbons (Fsp3) is 0.409. The third kappa shape index (κ3) is 4.47. The molecule has 0 fully saturated rings. The zero-order valence-corrected chi connectivity index (χ0v) is 18.6. The van der Waals surface area contributed by atoms with Crippen molar-refractivity contribution in [1.82, 2.24) is 24.8 Å². The largest absolute Gasteiger partial charge is 0.351 e. The number of likely N-dealkylation sites (N-methyl/N-ethyl adjacent to an activating group) is 1. The van der Waals surface area contributed by atoms with E-state index < -0.39 is 0 Å². The molecular weight excluding hydrogens is 405 g/mol. The highest BCUT2D eigenvalue weighted by atomic mass is 35.5. The number of aryl methyl sites for hydroxylation is 2. The molecule has 0 aliphatic heterocycles. The molecule has 160 valence electrons. The lowest BCUT2D eigenvalue weighted by Gasteiger charge is -2.17. The van der Waals surface area contributed by atoms with Crippen molar-refractivity contribution in [1.29, 1.82) is 0 Å². The zero-order valence-electron chi connectivity index (χ0n) is 17.8. The number of nitrogens with zero attached hydrogens (tertiary/aromatic N) is 4. The average molecular weight is 432 g/mol. The van der Waals surface area contributed by atoms with Gasteiger partial charge in [0.2, 0.25) is 0 Å². The van der Waals surface area contributed by atoms with E-state index in [1.807, 2.05) is 13.8 Å². The molecule has 3 rings (SSSR count). The molecule has 30 heavy (non-hydrogen) atoms. The predicted molar refractivity (Wildman–Crippen MR) is 117 cm³/mol. The van der Waals surface area contributed by atoms with Crippen molar-refractivity contribution < 1.29 is 9.18 Å². The molecule has 1 aromatic carbocycles. The maximum absolute atomic E-state index is 14.3. The normalized spacial score (nSPS) is 11.4. The minimum Gasteiger partial charge on any atom is -0.351 e. The Hall–Kier alpha value is -2.51. The Bertz CT molecular complexity index is 1040. The van der Waals surface area contributed by atoms with Gasteiger partial charge in [-0.25, -0.2) is 13.9 Å². The van der Waals surface area contributed by atoms with Gasteiger partial charge >= 0.3 is 0 Å². The first-order valence-electron chi connectivity index (χ1n) is 10.1. The van der Waals surface area contributed by atoms with Crippen LogP contribution in [0.25, 0.3) is 5.65 Å². The standard InChI is InChI=1S/C22H27ClFN5O/c1-5-28(6-2)11-10-25-22(30)18-13-26-29-15(4)16(14(3)27-21(18)29)12-17-19(23)8-7-9-20(17)24/h7-9,13H,5-6,10-12H2,1-4H3,(H,25,30). The summed E-state index contributed by atoms with van der Waals surface area (Å²) >= 11 is 6.20. The Morgan fingerprint density at radius 2 is 1.97 bits per heavy atom. The highest BCUT2D eigenvalue weighted by Gasteiger charge is 2.19. The molecule has 2 heterocycles. The molecule has 0 spiro atoms. The number of hydrogen-bond donors (Lipinski definition) is 1. The van der Waals surface area contributed by atoms with Crippen molar-refractivity contribution in [2.75, 3.05) is 26.2 Å². The molecule has 6 nitrogen and oxygen atoms in total. The van der Waals surface area contributed by atoms with Crippen LogP contribution in [0.5, 0.6) is 0 Å². The van der Waals surface area contributed by atoms with E-state index >= 15 is 0 Å². The van der Waals surface area contributed by atoms with Crippen molar-refractivity contribution in [2.45, 2.75) is 34.1 Å². The van der Waals surface area contributed by atoms with Crippen molar-refractivity contribution in [3.05, 3.63) is 63.3 Å². The van der Waals surface area contributed by atoms with E-state index in [4.69, 9.17) is 11.6 Å². The molecule has 0 aliphatic carbocycles. The van der Waals surface area contributed by atoms with E-state index in [1.165, 1.54) is 12.3 Å². The fourth-order valence-electron chi connectivity index (χ4n) is 3.57. The summed E-state index contributed by atoms with van der Waals surface area (Å²) in [7, 11) is 0. The molecule has 2 aromatic heterocycles. The van der Waals surface area contributed by atoms with Crippen molar-refractivity contribution in [2.24, 2.45) is 0 Å². The fourth-order valence-corrected chi connectivity index (χ4v) is 3.80. The number of amides is 1. The summed E-state index contributed by atoms with van der Waals surface area (Å²) in [6, 6.07) is 4.65. The van der Waals surface area contributed by atoms with E-state index in [0.717, 1.165) is 36.6 Å². The molecule has 3 aromatic rings. The van der Waals surface area contributed by atoms with E-state index in [2.05, 4.69) is 34.1 Å². The summed E-state index contributed by atoms with van der Waals surface area (Å²) in [6.45, 7) is 11.2. The van der Waals surface area contributed by atoms with Crippen LogP contribution in [0.1, 0.15) is 46.7 Å². The maximum Gasteiger partial charge on any atom is 0.256 e. The van der Waals surface area contributed by atoms with Crippen LogP contribution < -0.4 is 5.32 Å². The Morgan fingerprint density at radius 3 is 2.63 bits per heavy atom. The van der Waals surface area contributed by atoms with Gasteiger partial charge in [0.15, 0.2) is 5.65 Å². The van der Waals surface area contributed by atoms with Gasteiger partial charge in [-0.15, -0.1) is 0 Å². The van der Waals surface area contributed by atoms with Crippen LogP contribution in [-0.4, -0.2) is 51.6 Å². The quantitative estimate of drug-likeness (QED) is 0.589. The Morgan fingerprint density at radius 1 is 1.23 bits per heavy atom. The molecule has 0 saturated carbocycles. The van der Waals surface area contributed by atoms with Gasteiger partial charge in [-0.2, -0.15) is 5.10 Å². The van der Waals surface area contributed by atoms with E-state index in [9.17, 15) is 9.18 Å². The lowest BCUT2D eigenvalue weighted by Crippen LogP contribution is -2.34. The van der Waals surface area contributed by atoms with Gasteiger partial charge in [0.25, 0.3) is 5.91 Å². The summed E-state index contributed by atoms with van der Waals surface area (Å²) in [5.41, 5.74) is 3.71. The second-order valence-electron chi connectivity index (χ2n) is 7.21. The molecule has 0 unspecified atom stereocenters. The Kier molecular flexibility index (Phi) is 7.05. The van der Waals surface area contributed by atoms with Gasteiger partial charge in [-0.05, 0) is 44.6 Å². The number of rotatable bonds is 8. The van der Waals surface area contributed by atoms with Crippen LogP contribution in [0.15, 0.2) is 24.4 Å². The summed E-state index contributed by atoms with van der Waals surface area (Å²) in [5.74, 6) is -0.552. The zero-order chi connectivity index (χ0) is 21.8. The molecule has 1 N–H and O–H groups in total. The second-order valence-corrected chi connectivity index (χ2v) is 7.62. The second kappa shape index (κ2) is 9.53. The highest BCUT2D eigenvalue weighted by molar-refractivity contribution is 6.31. The minimum atomic E-state index is -0.352. The smallest absolute Gasteiger partial charge is 0.256 e. The molecule has 0 aliphatic rings. The van der Waals surface area contributed by atoms with Crippen LogP contribution >= 0.6 is 11.6 Å². The van der Waals surface area contributed by atoms with Crippen LogP contribution in [0.4, 0.5) is 4.39 Å². The number of nitrogens with one attached hydrogen (secondary N) is 1. The van der Waals surface area contributed by atoms with Crippen LogP contribution in [0.3, 0.4) is 0 Å². The first-order valence-corrected chi connectivity index (χ1v) is 10.5. The lowest BCUT2D eigenvalue weighted by molar-refractivity contribution is 0.0950. The predicted octanol–water partition coefficient (Wildman–Crippen LogP) is 3.80. The van der Waals surface area contributed by atoms with E-state index in [0.29, 0.717) is 34.8 Å². The van der Waals surface area contributed by atoms with Crippen molar-refractivity contribution in [3.8, 4) is 0 Å². The van der Waals surface area contributed by atoms with Gasteiger partial charge in [0.05, 0.1) is 6.20 Å². The van der Waals surface area contributed by atoms with E-state index in [1.54, 1.807) is 16.6 Å². The van der Waals surface area contributed by atoms with Crippen molar-refractivity contribution >= 4 is 23.2 Å². The van der Waals surface area contributed by atoms with Gasteiger partial charge < -0.3 is 10.2 Å². The first kappa shape index (κ1) is 22.2. The Labute approximate surface area is 181 Å². The number of halogens is 2. The minimum absolute atomic E-state index is 0.201. The van der Waals surface area contributed by atoms with Crippen LogP contribution in [0, 0.1) is 19.7 Å². The number of fused-ring (bicyclic) bond motifs is 1. The third-order valence-corrected chi connectivity index (χ3v) is 5.83. The summed E-state index contributed by atoms with van der Waals surface area (Å²) in [5, 5.41) is 7.68. The first-order chi connectivity index (χ1) is 14.4. The molecule has 0 saturated heterocycles. The highest BCUT2D eigenvalue weighted by Crippen LogP contribution is 2.26. The molecule has 1 amide bonds. The maximum atomic E-state index is 14.3. The van der Waals surface area contributed by atoms with Gasteiger partial charge in [-0.3, -0.25) is 4.79 Å². The van der Waals surface area contributed by atoms with Crippen molar-refractivity contribution in [3.63, 3.8) is 0 Å². The average Bonchev–Trinajstić information content (AvgIpc) is 3.14. The summed E-state index contributed by atoms with van der Waals surface area (Å²) in [6.07, 6.45) is 1.83. The number of carbonyl (C=O) groups excluding carboxylic acids is 1. The van der Waals surface area contributed by atoms with Gasteiger partial charge in [0, 0.05) is 41.5 Å². The van der Waals surface area contributed by atoms with Gasteiger partial charge in [-0.1, -0.05) is 31.5 Å². The molecular formula is C22H27ClFN5O. The summed E-state index contributed by atoms with van der Waals surface area (Å²) < 4.78 is 15.9. The molecule has 8 heteroatoms.